The van der Waals surface area contributed by atoms with Gasteiger partial charge in [0.15, 0.2) is 0 Å². The molecule has 0 spiro atoms. The molecule has 8 rings (SSSR count). The Morgan fingerprint density at radius 2 is 0.175 bits per heavy atom. The van der Waals surface area contributed by atoms with Crippen molar-refractivity contribution in [3.63, 3.8) is 0 Å². The zero-order valence-electron chi connectivity index (χ0n) is 39.0. The summed E-state index contributed by atoms with van der Waals surface area (Å²) in [7, 11) is 0. The molecule has 0 aromatic carbocycles. The molecule has 0 saturated heterocycles. The average molecular weight is 828 g/mol. The third-order valence-electron chi connectivity index (χ3n) is 17.9. The van der Waals surface area contributed by atoms with Crippen LogP contribution in [-0.4, -0.2) is 0 Å². The summed E-state index contributed by atoms with van der Waals surface area (Å²) in [6, 6.07) is 0. The molecule has 0 N–H and O–H groups in total. The zero-order valence-corrected chi connectivity index (χ0v) is 40.4. The molecule has 8 saturated carbocycles. The van der Waals surface area contributed by atoms with E-state index < -0.39 is 0 Å². The van der Waals surface area contributed by atoms with E-state index in [1.165, 1.54) is 205 Å². The Bertz CT molecular complexity index is 616. The molecule has 0 aromatic rings. The Balaban J connectivity index is 0.000000167. The maximum Gasteiger partial charge on any atom is 0 e. The standard InChI is InChI=1S/4C14H26.V/c4*1-2-6-10-13(9-5-1)14-11-7-3-4-8-12-14;/h4*13-14H,1-12H2;. The van der Waals surface area contributed by atoms with Crippen molar-refractivity contribution in [3.8, 4) is 0 Å². The Morgan fingerprint density at radius 3 is 0.246 bits per heavy atom. The smallest absolute Gasteiger partial charge is 0 e. The van der Waals surface area contributed by atoms with Gasteiger partial charge < -0.3 is 0 Å². The van der Waals surface area contributed by atoms with E-state index in [-0.39, 0.29) is 18.6 Å². The second kappa shape index (κ2) is 33.2. The van der Waals surface area contributed by atoms with Crippen LogP contribution in [0.4, 0.5) is 0 Å². The summed E-state index contributed by atoms with van der Waals surface area (Å²) in [6.45, 7) is 0. The van der Waals surface area contributed by atoms with Gasteiger partial charge in [0.1, 0.15) is 0 Å². The second-order valence-electron chi connectivity index (χ2n) is 22.0. The molecule has 0 unspecified atom stereocenters. The number of hydrogen-bond acceptors (Lipinski definition) is 0. The molecule has 8 aliphatic carbocycles. The van der Waals surface area contributed by atoms with Gasteiger partial charge in [-0.25, -0.2) is 0 Å². The Kier molecular flexibility index (Phi) is 29.2. The molecule has 1 radical (unpaired) electrons. The van der Waals surface area contributed by atoms with Gasteiger partial charge in [-0.05, 0) is 47.3 Å². The Labute approximate surface area is 372 Å². The van der Waals surface area contributed by atoms with E-state index in [0.29, 0.717) is 0 Å². The molecule has 333 valence electrons. The SMILES string of the molecule is C1CCCC(C2CCCCCC2)CC1.C1CCCC(C2CCCCCC2)CC1.C1CCCC(C2CCCCCC2)CC1.C1CCCC(C2CCCCCC2)CC1.[V]. The van der Waals surface area contributed by atoms with Crippen molar-refractivity contribution < 1.29 is 18.6 Å². The van der Waals surface area contributed by atoms with Gasteiger partial charge in [-0.2, -0.15) is 0 Å². The molecule has 0 amide bonds. The largest absolute Gasteiger partial charge is 0.0533 e. The van der Waals surface area contributed by atoms with Crippen LogP contribution in [-0.2, 0) is 18.6 Å². The van der Waals surface area contributed by atoms with Crippen molar-refractivity contribution in [2.75, 3.05) is 0 Å². The molecule has 1 heteroatoms. The molecule has 0 aliphatic heterocycles. The summed E-state index contributed by atoms with van der Waals surface area (Å²) in [4.78, 5) is 0. The van der Waals surface area contributed by atoms with Crippen molar-refractivity contribution in [2.45, 2.75) is 308 Å². The summed E-state index contributed by atoms with van der Waals surface area (Å²) >= 11 is 0. The third-order valence-corrected chi connectivity index (χ3v) is 17.9. The van der Waals surface area contributed by atoms with E-state index in [2.05, 4.69) is 0 Å². The third kappa shape index (κ3) is 21.5. The van der Waals surface area contributed by atoms with E-state index >= 15 is 0 Å². The van der Waals surface area contributed by atoms with Gasteiger partial charge in [-0.1, -0.05) is 308 Å². The van der Waals surface area contributed by atoms with E-state index in [1.54, 1.807) is 103 Å². The van der Waals surface area contributed by atoms with Crippen LogP contribution in [0.5, 0.6) is 0 Å². The summed E-state index contributed by atoms with van der Waals surface area (Å²) in [6.07, 6.45) is 73.7. The fourth-order valence-corrected chi connectivity index (χ4v) is 14.3. The predicted octanol–water partition coefficient (Wildman–Crippen LogP) is 19.7. The molecule has 0 bridgehead atoms. The van der Waals surface area contributed by atoms with Crippen molar-refractivity contribution in [1.82, 2.24) is 0 Å². The van der Waals surface area contributed by atoms with Gasteiger partial charge in [0.05, 0.1) is 0 Å². The normalized spacial score (nSPS) is 27.8. The monoisotopic (exact) mass is 828 g/mol. The van der Waals surface area contributed by atoms with Crippen LogP contribution in [0.15, 0.2) is 0 Å². The van der Waals surface area contributed by atoms with Gasteiger partial charge in [0.2, 0.25) is 0 Å². The van der Waals surface area contributed by atoms with Gasteiger partial charge in [-0.3, -0.25) is 0 Å². The van der Waals surface area contributed by atoms with Crippen molar-refractivity contribution in [3.05, 3.63) is 0 Å². The summed E-state index contributed by atoms with van der Waals surface area (Å²) in [5.74, 6) is 8.97. The first-order valence-electron chi connectivity index (χ1n) is 27.9. The topological polar surface area (TPSA) is 0 Å². The minimum absolute atomic E-state index is 0. The fourth-order valence-electron chi connectivity index (χ4n) is 14.3. The molecular weight excluding hydrogens is 724 g/mol. The van der Waals surface area contributed by atoms with Crippen LogP contribution >= 0.6 is 0 Å². The summed E-state index contributed by atoms with van der Waals surface area (Å²) < 4.78 is 0. The Hall–Kier alpha value is 0.584. The first-order valence-corrected chi connectivity index (χ1v) is 27.9. The second-order valence-corrected chi connectivity index (χ2v) is 22.0. The van der Waals surface area contributed by atoms with Crippen LogP contribution in [0, 0.1) is 47.3 Å². The van der Waals surface area contributed by atoms with Crippen LogP contribution < -0.4 is 0 Å². The molecule has 0 aromatic heterocycles. The quantitative estimate of drug-likeness (QED) is 0.248. The molecular formula is C56H104V. The van der Waals surface area contributed by atoms with E-state index in [1.807, 2.05) is 0 Å². The van der Waals surface area contributed by atoms with E-state index in [4.69, 9.17) is 0 Å². The first kappa shape index (κ1) is 50.2. The maximum absolute atomic E-state index is 1.56. The van der Waals surface area contributed by atoms with Gasteiger partial charge in [0, 0.05) is 18.6 Å². The van der Waals surface area contributed by atoms with E-state index in [9.17, 15) is 0 Å². The minimum Gasteiger partial charge on any atom is -0.0533 e. The first-order chi connectivity index (χ1) is 27.9. The van der Waals surface area contributed by atoms with Crippen LogP contribution in [0.2, 0.25) is 0 Å². The number of rotatable bonds is 4. The van der Waals surface area contributed by atoms with Crippen LogP contribution in [0.3, 0.4) is 0 Å². The van der Waals surface area contributed by atoms with Crippen molar-refractivity contribution in [1.29, 1.82) is 0 Å². The Morgan fingerprint density at radius 1 is 0.105 bits per heavy atom. The summed E-state index contributed by atoms with van der Waals surface area (Å²) in [5, 5.41) is 0. The van der Waals surface area contributed by atoms with Crippen LogP contribution in [0.1, 0.15) is 308 Å². The summed E-state index contributed by atoms with van der Waals surface area (Å²) in [5.41, 5.74) is 0. The molecule has 0 heterocycles. The van der Waals surface area contributed by atoms with Gasteiger partial charge in [0.25, 0.3) is 0 Å². The minimum atomic E-state index is 0. The van der Waals surface area contributed by atoms with E-state index in [0.717, 1.165) is 47.3 Å². The predicted molar refractivity (Wildman–Crippen MR) is 250 cm³/mol. The molecule has 0 atom stereocenters. The van der Waals surface area contributed by atoms with Crippen molar-refractivity contribution in [2.24, 2.45) is 47.3 Å². The van der Waals surface area contributed by atoms with Gasteiger partial charge in [-0.15, -0.1) is 0 Å². The average Bonchev–Trinajstić information content (AvgIpc) is 4.01. The van der Waals surface area contributed by atoms with Gasteiger partial charge >= 0.3 is 0 Å². The zero-order chi connectivity index (χ0) is 38.6. The van der Waals surface area contributed by atoms with Crippen LogP contribution in [0.25, 0.3) is 0 Å². The number of hydrogen-bond donors (Lipinski definition) is 0. The fraction of sp³-hybridized carbons (Fsp3) is 1.00. The molecule has 8 fully saturated rings. The van der Waals surface area contributed by atoms with Crippen molar-refractivity contribution >= 4 is 0 Å². The molecule has 0 nitrogen and oxygen atoms in total. The molecule has 57 heavy (non-hydrogen) atoms. The molecule has 8 aliphatic rings. The maximum atomic E-state index is 1.56.